The van der Waals surface area contributed by atoms with E-state index in [9.17, 15) is 4.79 Å². The van der Waals surface area contributed by atoms with E-state index in [-0.39, 0.29) is 6.61 Å². The molecule has 2 nitrogen and oxygen atoms in total. The molecule has 1 aliphatic carbocycles. The van der Waals surface area contributed by atoms with Crippen molar-refractivity contribution < 1.29 is 9.90 Å². The third kappa shape index (κ3) is 2.62. The number of hydrogen-bond acceptors (Lipinski definition) is 2. The van der Waals surface area contributed by atoms with Crippen LogP contribution in [-0.4, -0.2) is 17.5 Å². The van der Waals surface area contributed by atoms with Gasteiger partial charge in [-0.15, -0.1) is 0 Å². The molecule has 0 bridgehead atoms. The van der Waals surface area contributed by atoms with Gasteiger partial charge in [0, 0.05) is 18.9 Å². The second-order valence-electron chi connectivity index (χ2n) is 3.27. The number of carbonyl (C=O) groups is 1. The second-order valence-corrected chi connectivity index (χ2v) is 3.27. The molecule has 0 saturated heterocycles. The Hall–Kier alpha value is -0.370. The largest absolute Gasteiger partial charge is 0.396 e. The topological polar surface area (TPSA) is 37.3 Å². The van der Waals surface area contributed by atoms with Crippen molar-refractivity contribution in [3.05, 3.63) is 0 Å². The average molecular weight is 156 g/mol. The summed E-state index contributed by atoms with van der Waals surface area (Å²) >= 11 is 0. The molecule has 1 rings (SSSR count). The Morgan fingerprint density at radius 2 is 2.27 bits per heavy atom. The van der Waals surface area contributed by atoms with Gasteiger partial charge < -0.3 is 5.11 Å². The number of aliphatic hydroxyl groups excluding tert-OH is 1. The van der Waals surface area contributed by atoms with Crippen LogP contribution < -0.4 is 0 Å². The Morgan fingerprint density at radius 3 is 2.82 bits per heavy atom. The zero-order chi connectivity index (χ0) is 8.10. The molecule has 0 aliphatic heterocycles. The van der Waals surface area contributed by atoms with E-state index < -0.39 is 0 Å². The molecule has 0 radical (unpaired) electrons. The Bertz CT molecular complexity index is 132. The van der Waals surface area contributed by atoms with Crippen molar-refractivity contribution >= 4 is 5.78 Å². The number of hydrogen-bond donors (Lipinski definition) is 1. The third-order valence-electron chi connectivity index (χ3n) is 2.39. The maximum atomic E-state index is 11.1. The van der Waals surface area contributed by atoms with Gasteiger partial charge in [-0.05, 0) is 25.7 Å². The van der Waals surface area contributed by atoms with E-state index in [1.54, 1.807) is 0 Å². The molecule has 0 amide bonds. The van der Waals surface area contributed by atoms with Crippen LogP contribution in [0.2, 0.25) is 0 Å². The smallest absolute Gasteiger partial charge is 0.135 e. The monoisotopic (exact) mass is 156 g/mol. The number of unbranched alkanes of at least 4 members (excludes halogenated alkanes) is 1. The maximum absolute atomic E-state index is 11.1. The lowest BCUT2D eigenvalue weighted by Crippen LogP contribution is -2.05. The number of rotatable bonds is 4. The highest BCUT2D eigenvalue weighted by atomic mass is 16.2. The molecule has 0 spiro atoms. The second kappa shape index (κ2) is 4.50. The number of Topliss-reactive ketones (excluding diaryl/α,β-unsaturated/α-hetero) is 1. The van der Waals surface area contributed by atoms with Gasteiger partial charge in [0.2, 0.25) is 0 Å². The van der Waals surface area contributed by atoms with Crippen LogP contribution in [-0.2, 0) is 4.79 Å². The van der Waals surface area contributed by atoms with Crippen molar-refractivity contribution in [2.45, 2.75) is 38.5 Å². The molecule has 64 valence electrons. The zero-order valence-electron chi connectivity index (χ0n) is 6.88. The Labute approximate surface area is 67.6 Å². The molecular weight excluding hydrogens is 140 g/mol. The number of carbonyl (C=O) groups excluding carboxylic acids is 1. The molecular formula is C9H16O2. The first-order chi connectivity index (χ1) is 5.34. The van der Waals surface area contributed by atoms with Crippen LogP contribution >= 0.6 is 0 Å². The van der Waals surface area contributed by atoms with E-state index >= 15 is 0 Å². The van der Waals surface area contributed by atoms with E-state index in [0.29, 0.717) is 11.7 Å². The molecule has 1 atom stereocenters. The van der Waals surface area contributed by atoms with Crippen molar-refractivity contribution in [3.63, 3.8) is 0 Å². The summed E-state index contributed by atoms with van der Waals surface area (Å²) in [6, 6.07) is 0. The van der Waals surface area contributed by atoms with E-state index in [1.807, 2.05) is 0 Å². The van der Waals surface area contributed by atoms with E-state index in [0.717, 1.165) is 38.5 Å². The van der Waals surface area contributed by atoms with Crippen LogP contribution in [0.4, 0.5) is 0 Å². The standard InChI is InChI=1S/C9H16O2/c10-7-2-1-4-8-5-3-6-9(8)11/h8,10H,1-7H2. The number of aliphatic hydroxyl groups is 1. The van der Waals surface area contributed by atoms with Crippen molar-refractivity contribution in [1.82, 2.24) is 0 Å². The lowest BCUT2D eigenvalue weighted by atomic mass is 10.00. The Kier molecular flexibility index (Phi) is 3.57. The fourth-order valence-electron chi connectivity index (χ4n) is 1.70. The molecule has 1 fully saturated rings. The maximum Gasteiger partial charge on any atom is 0.135 e. The van der Waals surface area contributed by atoms with Crippen molar-refractivity contribution in [1.29, 1.82) is 0 Å². The van der Waals surface area contributed by atoms with Crippen LogP contribution in [0.3, 0.4) is 0 Å². The highest BCUT2D eigenvalue weighted by molar-refractivity contribution is 5.82. The van der Waals surface area contributed by atoms with Crippen LogP contribution in [0.25, 0.3) is 0 Å². The van der Waals surface area contributed by atoms with Gasteiger partial charge in [0.05, 0.1) is 0 Å². The highest BCUT2D eigenvalue weighted by Crippen LogP contribution is 2.25. The Balaban J connectivity index is 2.10. The van der Waals surface area contributed by atoms with Crippen LogP contribution in [0, 0.1) is 5.92 Å². The predicted octanol–water partition coefficient (Wildman–Crippen LogP) is 1.52. The summed E-state index contributed by atoms with van der Waals surface area (Å²) < 4.78 is 0. The molecule has 1 aliphatic rings. The molecule has 0 aromatic carbocycles. The third-order valence-corrected chi connectivity index (χ3v) is 2.39. The normalized spacial score (nSPS) is 24.5. The van der Waals surface area contributed by atoms with Crippen molar-refractivity contribution in [2.75, 3.05) is 6.61 Å². The zero-order valence-corrected chi connectivity index (χ0v) is 6.88. The van der Waals surface area contributed by atoms with Gasteiger partial charge in [0.1, 0.15) is 5.78 Å². The summed E-state index contributed by atoms with van der Waals surface area (Å²) in [7, 11) is 0. The quantitative estimate of drug-likeness (QED) is 0.626. The predicted molar refractivity (Wildman–Crippen MR) is 43.3 cm³/mol. The SMILES string of the molecule is O=C1CCCC1CCCCO. The lowest BCUT2D eigenvalue weighted by Gasteiger charge is -2.05. The molecule has 0 aromatic rings. The van der Waals surface area contributed by atoms with E-state index in [2.05, 4.69) is 0 Å². The molecule has 11 heavy (non-hydrogen) atoms. The van der Waals surface area contributed by atoms with Gasteiger partial charge in [-0.2, -0.15) is 0 Å². The fourth-order valence-corrected chi connectivity index (χ4v) is 1.70. The van der Waals surface area contributed by atoms with E-state index in [4.69, 9.17) is 5.11 Å². The van der Waals surface area contributed by atoms with Crippen molar-refractivity contribution in [2.24, 2.45) is 5.92 Å². The van der Waals surface area contributed by atoms with Gasteiger partial charge in [0.25, 0.3) is 0 Å². The van der Waals surface area contributed by atoms with Crippen LogP contribution in [0.5, 0.6) is 0 Å². The van der Waals surface area contributed by atoms with Crippen molar-refractivity contribution in [3.8, 4) is 0 Å². The van der Waals surface area contributed by atoms with E-state index in [1.165, 1.54) is 0 Å². The first-order valence-electron chi connectivity index (χ1n) is 4.48. The average Bonchev–Trinajstić information content (AvgIpc) is 2.37. The molecule has 0 heterocycles. The molecule has 1 unspecified atom stereocenters. The first kappa shape index (κ1) is 8.72. The van der Waals surface area contributed by atoms with Gasteiger partial charge >= 0.3 is 0 Å². The molecule has 2 heteroatoms. The van der Waals surface area contributed by atoms with Gasteiger partial charge in [0.15, 0.2) is 0 Å². The summed E-state index contributed by atoms with van der Waals surface area (Å²) in [5.41, 5.74) is 0. The summed E-state index contributed by atoms with van der Waals surface area (Å²) in [6.07, 6.45) is 5.83. The first-order valence-corrected chi connectivity index (χ1v) is 4.48. The van der Waals surface area contributed by atoms with Gasteiger partial charge in [-0.3, -0.25) is 4.79 Å². The van der Waals surface area contributed by atoms with Crippen LogP contribution in [0.1, 0.15) is 38.5 Å². The summed E-state index contributed by atoms with van der Waals surface area (Å²) in [4.78, 5) is 11.1. The highest BCUT2D eigenvalue weighted by Gasteiger charge is 2.23. The number of ketones is 1. The fraction of sp³-hybridized carbons (Fsp3) is 0.889. The minimum absolute atomic E-state index is 0.265. The molecule has 1 saturated carbocycles. The van der Waals surface area contributed by atoms with Gasteiger partial charge in [-0.25, -0.2) is 0 Å². The lowest BCUT2D eigenvalue weighted by molar-refractivity contribution is -0.120. The minimum atomic E-state index is 0.265. The molecule has 1 N–H and O–H groups in total. The van der Waals surface area contributed by atoms with Gasteiger partial charge in [-0.1, -0.05) is 6.42 Å². The summed E-state index contributed by atoms with van der Waals surface area (Å²) in [5.74, 6) is 0.782. The Morgan fingerprint density at radius 1 is 1.45 bits per heavy atom. The molecule has 0 aromatic heterocycles. The summed E-state index contributed by atoms with van der Waals surface area (Å²) in [6.45, 7) is 0.265. The van der Waals surface area contributed by atoms with Crippen LogP contribution in [0.15, 0.2) is 0 Å². The summed E-state index contributed by atoms with van der Waals surface area (Å²) in [5, 5.41) is 8.52. The minimum Gasteiger partial charge on any atom is -0.396 e.